The van der Waals surface area contributed by atoms with E-state index in [-0.39, 0.29) is 17.6 Å². The topological polar surface area (TPSA) is 108 Å². The number of ether oxygens (including phenoxy) is 1. The molecule has 2 amide bonds. The lowest BCUT2D eigenvalue weighted by Crippen LogP contribution is -2.35. The van der Waals surface area contributed by atoms with Crippen LogP contribution in [-0.2, 0) is 14.8 Å². The number of carbonyl (C=O) groups excluding carboxylic acids is 2. The molecule has 0 radical (unpaired) electrons. The second kappa shape index (κ2) is 7.82. The lowest BCUT2D eigenvalue weighted by atomic mass is 10.1. The van der Waals surface area contributed by atoms with Crippen molar-refractivity contribution in [2.45, 2.75) is 17.7 Å². The Bertz CT molecular complexity index is 1270. The number of carbonyl (C=O) groups is 2. The van der Waals surface area contributed by atoms with Gasteiger partial charge < -0.3 is 19.9 Å². The fourth-order valence-electron chi connectivity index (χ4n) is 3.96. The zero-order valence-corrected chi connectivity index (χ0v) is 18.8. The molecule has 3 heterocycles. The van der Waals surface area contributed by atoms with E-state index in [4.69, 9.17) is 4.74 Å². The normalized spacial score (nSPS) is 18.8. The van der Waals surface area contributed by atoms with Gasteiger partial charge in [0.05, 0.1) is 24.2 Å². The van der Waals surface area contributed by atoms with Crippen molar-refractivity contribution in [2.75, 3.05) is 41.1 Å². The van der Waals surface area contributed by atoms with Crippen molar-refractivity contribution in [3.8, 4) is 5.75 Å². The first-order valence-electron chi connectivity index (χ1n) is 10.1. The summed E-state index contributed by atoms with van der Waals surface area (Å²) in [4.78, 5) is 29.3. The number of rotatable bonds is 4. The minimum atomic E-state index is -3.43. The Labute approximate surface area is 189 Å². The maximum atomic E-state index is 12.9. The minimum Gasteiger partial charge on any atom is -0.494 e. The number of hydrogen-bond acceptors (Lipinski definition) is 7. The van der Waals surface area contributed by atoms with Crippen LogP contribution in [0.5, 0.6) is 5.75 Å². The van der Waals surface area contributed by atoms with Crippen molar-refractivity contribution < 1.29 is 22.7 Å². The first kappa shape index (κ1) is 20.8. The van der Waals surface area contributed by atoms with Gasteiger partial charge >= 0.3 is 0 Å². The molecule has 166 valence electrons. The highest BCUT2D eigenvalue weighted by Crippen LogP contribution is 2.42. The summed E-state index contributed by atoms with van der Waals surface area (Å²) in [6.07, 6.45) is 1.33. The van der Waals surface area contributed by atoms with Gasteiger partial charge in [0.1, 0.15) is 5.75 Å². The number of anilines is 3. The summed E-state index contributed by atoms with van der Waals surface area (Å²) in [5.74, 6) is 0.238. The maximum absolute atomic E-state index is 12.9. The van der Waals surface area contributed by atoms with Crippen molar-refractivity contribution in [2.24, 2.45) is 4.40 Å². The van der Waals surface area contributed by atoms with Gasteiger partial charge in [-0.25, -0.2) is 8.42 Å². The first-order valence-corrected chi connectivity index (χ1v) is 12.5. The molecular formula is C21H20N4O5S2. The average Bonchev–Trinajstić information content (AvgIpc) is 3.34. The van der Waals surface area contributed by atoms with Crippen molar-refractivity contribution in [3.05, 3.63) is 42.0 Å². The number of fused-ring (bicyclic) bond motifs is 3. The van der Waals surface area contributed by atoms with Crippen molar-refractivity contribution in [3.63, 3.8) is 0 Å². The average molecular weight is 473 g/mol. The molecule has 2 aromatic rings. The van der Waals surface area contributed by atoms with E-state index in [1.54, 1.807) is 41.3 Å². The summed E-state index contributed by atoms with van der Waals surface area (Å²) in [5, 5.41) is 3.27. The molecule has 0 aliphatic carbocycles. The van der Waals surface area contributed by atoms with E-state index in [1.807, 2.05) is 4.90 Å². The van der Waals surface area contributed by atoms with E-state index in [9.17, 15) is 18.0 Å². The SMILES string of the molecule is COc1cc(NC(=O)c2ccc3c(c2)SC2=NS(=O)(=O)CCN23)ccc1N1CCCC1=O. The minimum absolute atomic E-state index is 0.0282. The highest BCUT2D eigenvalue weighted by Gasteiger charge is 2.33. The molecule has 3 aliphatic rings. The predicted molar refractivity (Wildman–Crippen MR) is 123 cm³/mol. The molecule has 1 N–H and O–H groups in total. The van der Waals surface area contributed by atoms with Crippen LogP contribution in [0, 0.1) is 0 Å². The standard InChI is InChI=1S/C21H20N4O5S2/c1-30-17-12-14(5-7-15(17)24-8-2-3-19(24)26)22-20(27)13-4-6-16-18(11-13)31-21-23-32(28,29)10-9-25(16)21/h4-7,11-12H,2-3,8-10H2,1H3,(H,22,27). The largest absolute Gasteiger partial charge is 0.494 e. The zero-order valence-electron chi connectivity index (χ0n) is 17.2. The van der Waals surface area contributed by atoms with Gasteiger partial charge in [-0.2, -0.15) is 0 Å². The Balaban J connectivity index is 1.36. The molecule has 0 bridgehead atoms. The fraction of sp³-hybridized carbons (Fsp3) is 0.286. The van der Waals surface area contributed by atoms with Crippen molar-refractivity contribution in [1.29, 1.82) is 0 Å². The number of amidine groups is 1. The smallest absolute Gasteiger partial charge is 0.257 e. The van der Waals surface area contributed by atoms with Crippen molar-refractivity contribution in [1.82, 2.24) is 0 Å². The van der Waals surface area contributed by atoms with Gasteiger partial charge in [0.2, 0.25) is 5.91 Å². The molecule has 0 spiro atoms. The van der Waals surface area contributed by atoms with Gasteiger partial charge in [-0.05, 0) is 48.5 Å². The van der Waals surface area contributed by atoms with E-state index < -0.39 is 10.0 Å². The van der Waals surface area contributed by atoms with Crippen LogP contribution in [0.2, 0.25) is 0 Å². The third kappa shape index (κ3) is 3.71. The monoisotopic (exact) mass is 472 g/mol. The van der Waals surface area contributed by atoms with Crippen LogP contribution in [0.15, 0.2) is 45.7 Å². The summed E-state index contributed by atoms with van der Waals surface area (Å²) in [5.41, 5.74) is 2.52. The lowest BCUT2D eigenvalue weighted by Gasteiger charge is -2.22. The van der Waals surface area contributed by atoms with E-state index in [2.05, 4.69) is 9.71 Å². The molecule has 3 aliphatic heterocycles. The maximum Gasteiger partial charge on any atom is 0.257 e. The molecular weight excluding hydrogens is 452 g/mol. The summed E-state index contributed by atoms with van der Waals surface area (Å²) in [6.45, 7) is 0.996. The molecule has 0 unspecified atom stereocenters. The van der Waals surface area contributed by atoms with Gasteiger partial charge in [0.25, 0.3) is 15.9 Å². The van der Waals surface area contributed by atoms with Crippen LogP contribution in [0.25, 0.3) is 0 Å². The molecule has 0 aromatic heterocycles. The van der Waals surface area contributed by atoms with Crippen LogP contribution in [0.4, 0.5) is 17.1 Å². The second-order valence-electron chi connectivity index (χ2n) is 7.59. The molecule has 2 aromatic carbocycles. The van der Waals surface area contributed by atoms with Crippen LogP contribution in [-0.4, -0.2) is 51.4 Å². The molecule has 0 atom stereocenters. The summed E-state index contributed by atoms with van der Waals surface area (Å²) in [7, 11) is -1.90. The highest BCUT2D eigenvalue weighted by atomic mass is 32.2. The Morgan fingerprint density at radius 3 is 2.69 bits per heavy atom. The number of amides is 2. The Morgan fingerprint density at radius 1 is 1.12 bits per heavy atom. The van der Waals surface area contributed by atoms with Crippen LogP contribution in [0.1, 0.15) is 23.2 Å². The summed E-state index contributed by atoms with van der Waals surface area (Å²) >= 11 is 1.24. The van der Waals surface area contributed by atoms with E-state index in [0.29, 0.717) is 47.4 Å². The third-order valence-electron chi connectivity index (χ3n) is 5.54. The Morgan fingerprint density at radius 2 is 1.94 bits per heavy atom. The highest BCUT2D eigenvalue weighted by molar-refractivity contribution is 8.15. The quantitative estimate of drug-likeness (QED) is 0.729. The zero-order chi connectivity index (χ0) is 22.5. The first-order chi connectivity index (χ1) is 15.3. The molecule has 11 heteroatoms. The second-order valence-corrected chi connectivity index (χ2v) is 10.3. The number of benzene rings is 2. The number of thioether (sulfide) groups is 1. The summed E-state index contributed by atoms with van der Waals surface area (Å²) < 4.78 is 32.8. The Kier molecular flexibility index (Phi) is 5.09. The van der Waals surface area contributed by atoms with Gasteiger partial charge in [-0.3, -0.25) is 9.59 Å². The number of methoxy groups -OCH3 is 1. The van der Waals surface area contributed by atoms with E-state index in [0.717, 1.165) is 17.0 Å². The van der Waals surface area contributed by atoms with Gasteiger partial charge in [-0.15, -0.1) is 4.40 Å². The van der Waals surface area contributed by atoms with E-state index in [1.165, 1.54) is 18.9 Å². The van der Waals surface area contributed by atoms with Crippen LogP contribution in [0.3, 0.4) is 0 Å². The fourth-order valence-corrected chi connectivity index (χ4v) is 6.25. The van der Waals surface area contributed by atoms with Gasteiger partial charge in [0.15, 0.2) is 5.17 Å². The van der Waals surface area contributed by atoms with Crippen molar-refractivity contribution >= 4 is 55.8 Å². The van der Waals surface area contributed by atoms with E-state index >= 15 is 0 Å². The number of nitrogens with zero attached hydrogens (tertiary/aromatic N) is 3. The molecule has 1 fully saturated rings. The number of nitrogens with one attached hydrogen (secondary N) is 1. The van der Waals surface area contributed by atoms with Gasteiger partial charge in [0, 0.05) is 41.7 Å². The lowest BCUT2D eigenvalue weighted by molar-refractivity contribution is -0.117. The third-order valence-corrected chi connectivity index (χ3v) is 7.84. The number of hydrogen-bond donors (Lipinski definition) is 1. The number of sulfonamides is 1. The Hall–Kier alpha value is -3.05. The molecule has 0 saturated carbocycles. The molecule has 1 saturated heterocycles. The molecule has 5 rings (SSSR count). The molecule has 9 nitrogen and oxygen atoms in total. The molecule has 32 heavy (non-hydrogen) atoms. The summed E-state index contributed by atoms with van der Waals surface area (Å²) in [6, 6.07) is 10.4. The van der Waals surface area contributed by atoms with Gasteiger partial charge in [-0.1, -0.05) is 0 Å². The van der Waals surface area contributed by atoms with Crippen LogP contribution >= 0.6 is 11.8 Å². The predicted octanol–water partition coefficient (Wildman–Crippen LogP) is 2.69. The van der Waals surface area contributed by atoms with Crippen LogP contribution < -0.4 is 19.9 Å².